The normalized spacial score (nSPS) is 12.1. The Morgan fingerprint density at radius 3 is 1.54 bits per heavy atom. The van der Waals surface area contributed by atoms with E-state index < -0.39 is 53.5 Å². The molecule has 7 nitrogen and oxygen atoms in total. The average Bonchev–Trinajstić information content (AvgIpc) is 2.65. The Bertz CT molecular complexity index is 1200. The number of rotatable bonds is 5. The van der Waals surface area contributed by atoms with Gasteiger partial charge in [-0.1, -0.05) is 18.2 Å². The number of hydrogen-bond acceptors (Lipinski definition) is 8. The van der Waals surface area contributed by atoms with Crippen LogP contribution in [0.4, 0.5) is 26.3 Å². The summed E-state index contributed by atoms with van der Waals surface area (Å²) in [5.41, 5.74) is -3.20. The molecule has 2 aromatic carbocycles. The first-order valence-electron chi connectivity index (χ1n) is 8.19. The zero-order valence-corrected chi connectivity index (χ0v) is 25.0. The van der Waals surface area contributed by atoms with Crippen LogP contribution in [0.15, 0.2) is 51.1 Å². The van der Waals surface area contributed by atoms with Crippen LogP contribution in [0, 0.1) is 0 Å². The first-order chi connectivity index (χ1) is 14.9. The summed E-state index contributed by atoms with van der Waals surface area (Å²) in [4.78, 5) is -2.67. The fourth-order valence-electron chi connectivity index (χ4n) is 2.53. The number of halogens is 6. The summed E-state index contributed by atoms with van der Waals surface area (Å²) in [6, 6.07) is 5.46. The first kappa shape index (κ1) is 37.3. The van der Waals surface area contributed by atoms with Crippen molar-refractivity contribution in [2.45, 2.75) is 33.6 Å². The minimum atomic E-state index is -5.22. The zero-order chi connectivity index (χ0) is 25.8. The molecule has 2 aromatic rings. The molecule has 35 heavy (non-hydrogen) atoms. The summed E-state index contributed by atoms with van der Waals surface area (Å²) in [5, 5.41) is 0. The molecule has 0 saturated heterocycles. The molecule has 0 aliphatic rings. The van der Waals surface area contributed by atoms with Crippen molar-refractivity contribution >= 4 is 32.0 Å². The fraction of sp³-hybridized carbons (Fsp3) is 0.294. The molecule has 18 heteroatoms. The van der Waals surface area contributed by atoms with Gasteiger partial charge in [0.2, 0.25) is 0 Å². The van der Waals surface area contributed by atoms with Crippen molar-refractivity contribution in [1.82, 2.24) is 0 Å². The van der Waals surface area contributed by atoms with Crippen LogP contribution in [0.1, 0.15) is 16.7 Å². The van der Waals surface area contributed by atoms with Crippen LogP contribution in [0.3, 0.4) is 0 Å². The third-order valence-electron chi connectivity index (χ3n) is 3.71. The van der Waals surface area contributed by atoms with Crippen LogP contribution in [0.5, 0.6) is 0 Å². The summed E-state index contributed by atoms with van der Waals surface area (Å²) in [6.07, 6.45) is -8.38. The Balaban J connectivity index is 0. The predicted molar refractivity (Wildman–Crippen MR) is 101 cm³/mol. The Hall–Kier alpha value is 0.150. The van der Waals surface area contributed by atoms with Crippen LogP contribution >= 0.6 is 11.8 Å². The van der Waals surface area contributed by atoms with Crippen LogP contribution in [-0.4, -0.2) is 39.3 Å². The summed E-state index contributed by atoms with van der Waals surface area (Å²) in [5.74, 6) is 0. The van der Waals surface area contributed by atoms with Gasteiger partial charge >= 0.3 is 71.5 Å². The Kier molecular flexibility index (Phi) is 15.3. The SMILES string of the molecule is COCc1cccc(C(F)(F)F)c1S(=O)(=O)[O-].CSc1cccc(C(F)(F)F)c1S(=O)(=O)[O-].[Na+].[Na+]. The maximum absolute atomic E-state index is 12.6. The van der Waals surface area contributed by atoms with E-state index in [1.807, 2.05) is 0 Å². The second-order valence-corrected chi connectivity index (χ2v) is 9.45. The minimum absolute atomic E-state index is 0. The smallest absolute Gasteiger partial charge is 0.744 e. The zero-order valence-electron chi connectivity index (χ0n) is 18.5. The van der Waals surface area contributed by atoms with Crippen molar-refractivity contribution in [3.05, 3.63) is 53.1 Å². The van der Waals surface area contributed by atoms with Gasteiger partial charge in [-0.15, -0.1) is 11.8 Å². The summed E-state index contributed by atoms with van der Waals surface area (Å²) >= 11 is 0.773. The van der Waals surface area contributed by atoms with Crippen molar-refractivity contribution in [1.29, 1.82) is 0 Å². The molecule has 2 rings (SSSR count). The topological polar surface area (TPSA) is 124 Å². The van der Waals surface area contributed by atoms with Gasteiger partial charge in [0.1, 0.15) is 20.2 Å². The van der Waals surface area contributed by atoms with Crippen molar-refractivity contribution < 1.29 is 116 Å². The van der Waals surface area contributed by atoms with Gasteiger partial charge in [0, 0.05) is 12.0 Å². The second-order valence-electron chi connectivity index (χ2n) is 5.97. The van der Waals surface area contributed by atoms with Gasteiger partial charge < -0.3 is 13.8 Å². The van der Waals surface area contributed by atoms with E-state index in [9.17, 15) is 52.3 Å². The average molecular weight is 586 g/mol. The molecule has 0 spiro atoms. The number of alkyl halides is 6. The molecule has 0 N–H and O–H groups in total. The van der Waals surface area contributed by atoms with Gasteiger partial charge in [-0.3, -0.25) is 0 Å². The molecule has 0 fully saturated rings. The number of methoxy groups -OCH3 is 1. The van der Waals surface area contributed by atoms with Crippen molar-refractivity contribution in [2.75, 3.05) is 13.4 Å². The molecule has 0 aromatic heterocycles. The van der Waals surface area contributed by atoms with Crippen LogP contribution in [0.2, 0.25) is 0 Å². The number of thioether (sulfide) groups is 1. The Morgan fingerprint density at radius 2 is 1.20 bits per heavy atom. The molecule has 186 valence electrons. The second kappa shape index (κ2) is 14.3. The molecular formula is C17H14F6Na2O7S3. The van der Waals surface area contributed by atoms with Gasteiger partial charge in [0.05, 0.1) is 27.5 Å². The van der Waals surface area contributed by atoms with E-state index in [4.69, 9.17) is 0 Å². The van der Waals surface area contributed by atoms with Crippen LogP contribution < -0.4 is 59.1 Å². The van der Waals surface area contributed by atoms with Gasteiger partial charge in [-0.25, -0.2) is 16.8 Å². The van der Waals surface area contributed by atoms with E-state index in [-0.39, 0.29) is 76.2 Å². The Labute approximate surface area is 246 Å². The predicted octanol–water partition coefficient (Wildman–Crippen LogP) is -1.90. The Morgan fingerprint density at radius 1 is 0.800 bits per heavy atom. The molecule has 0 bridgehead atoms. The molecule has 0 atom stereocenters. The number of ether oxygens (including phenoxy) is 1. The van der Waals surface area contributed by atoms with E-state index in [0.29, 0.717) is 12.1 Å². The van der Waals surface area contributed by atoms with Crippen molar-refractivity contribution in [2.24, 2.45) is 0 Å². The van der Waals surface area contributed by atoms with Gasteiger partial charge in [-0.2, -0.15) is 26.3 Å². The summed E-state index contributed by atoms with van der Waals surface area (Å²) < 4.78 is 145. The van der Waals surface area contributed by atoms with Crippen LogP contribution in [-0.2, 0) is 43.9 Å². The van der Waals surface area contributed by atoms with E-state index in [0.717, 1.165) is 36.0 Å². The quantitative estimate of drug-likeness (QED) is 0.172. The maximum Gasteiger partial charge on any atom is 1.00 e. The third-order valence-corrected chi connectivity index (χ3v) is 6.54. The monoisotopic (exact) mass is 586 g/mol. The molecule has 0 aliphatic carbocycles. The number of benzene rings is 2. The van der Waals surface area contributed by atoms with E-state index >= 15 is 0 Å². The summed E-state index contributed by atoms with van der Waals surface area (Å²) in [7, 11) is -9.19. The van der Waals surface area contributed by atoms with E-state index in [2.05, 4.69) is 4.74 Å². The van der Waals surface area contributed by atoms with Crippen LogP contribution in [0.25, 0.3) is 0 Å². The largest absolute Gasteiger partial charge is 1.00 e. The molecule has 0 amide bonds. The fourth-order valence-corrected chi connectivity index (χ4v) is 5.27. The van der Waals surface area contributed by atoms with Gasteiger partial charge in [-0.05, 0) is 30.0 Å². The minimum Gasteiger partial charge on any atom is -0.744 e. The molecule has 0 heterocycles. The van der Waals surface area contributed by atoms with Gasteiger partial charge in [0.25, 0.3) is 0 Å². The van der Waals surface area contributed by atoms with Crippen molar-refractivity contribution in [3.8, 4) is 0 Å². The van der Waals surface area contributed by atoms with E-state index in [1.165, 1.54) is 13.4 Å². The first-order valence-corrected chi connectivity index (χ1v) is 12.2. The standard InChI is InChI=1S/C9H9F3O4S.C8H7F3O3S2.2Na/c1-16-5-6-3-2-4-7(9(10,11)12)8(6)17(13,14)15;1-15-6-4-2-3-5(8(9,10)11)7(6)16(12,13)14;;/h2-4H,5H2,1H3,(H,13,14,15);2-4H,1H3,(H,12,13,14);;/q;;2*+1/p-2. The maximum atomic E-state index is 12.6. The van der Waals surface area contributed by atoms with E-state index in [1.54, 1.807) is 0 Å². The molecule has 0 saturated carbocycles. The van der Waals surface area contributed by atoms with Gasteiger partial charge in [0.15, 0.2) is 0 Å². The molecule has 0 radical (unpaired) electrons. The molecule has 0 aliphatic heterocycles. The molecular weight excluding hydrogens is 572 g/mol. The number of hydrogen-bond donors (Lipinski definition) is 0. The summed E-state index contributed by atoms with van der Waals surface area (Å²) in [6.45, 7) is -0.388. The van der Waals surface area contributed by atoms with Crippen molar-refractivity contribution in [3.63, 3.8) is 0 Å². The molecule has 0 unspecified atom stereocenters. The third kappa shape index (κ3) is 10.8.